The summed E-state index contributed by atoms with van der Waals surface area (Å²) in [6.45, 7) is 0.101. The number of carbonyl (C=O) groups excluding carboxylic acids is 2. The van der Waals surface area contributed by atoms with Crippen LogP contribution in [0.2, 0.25) is 0 Å². The summed E-state index contributed by atoms with van der Waals surface area (Å²) in [5, 5.41) is 2.41. The minimum Gasteiger partial charge on any atom is -0.497 e. The van der Waals surface area contributed by atoms with E-state index in [-0.39, 0.29) is 12.3 Å². The molecule has 0 saturated heterocycles. The summed E-state index contributed by atoms with van der Waals surface area (Å²) in [6.07, 6.45) is 0.753. The molecule has 0 aliphatic heterocycles. The molecular formula is C19H19NO5. The summed E-state index contributed by atoms with van der Waals surface area (Å²) in [7, 11) is 2.80. The van der Waals surface area contributed by atoms with E-state index in [2.05, 4.69) is 5.32 Å². The third-order valence-electron chi connectivity index (χ3n) is 3.28. The van der Waals surface area contributed by atoms with Crippen molar-refractivity contribution in [3.63, 3.8) is 0 Å². The molecule has 1 N–H and O–H groups in total. The van der Waals surface area contributed by atoms with E-state index in [1.807, 2.05) is 30.3 Å². The second kappa shape index (κ2) is 9.12. The lowest BCUT2D eigenvalue weighted by Gasteiger charge is -2.09. The van der Waals surface area contributed by atoms with E-state index in [4.69, 9.17) is 14.2 Å². The fourth-order valence-electron chi connectivity index (χ4n) is 1.99. The fourth-order valence-corrected chi connectivity index (χ4v) is 1.99. The van der Waals surface area contributed by atoms with E-state index >= 15 is 0 Å². The van der Waals surface area contributed by atoms with Gasteiger partial charge in [0.2, 0.25) is 0 Å². The van der Waals surface area contributed by atoms with Gasteiger partial charge in [-0.3, -0.25) is 5.32 Å². The van der Waals surface area contributed by atoms with Crippen molar-refractivity contribution in [3.8, 4) is 5.75 Å². The molecule has 0 aromatic heterocycles. The molecule has 0 aliphatic carbocycles. The number of rotatable bonds is 6. The van der Waals surface area contributed by atoms with Crippen LogP contribution in [-0.4, -0.2) is 26.3 Å². The summed E-state index contributed by atoms with van der Waals surface area (Å²) in [6, 6.07) is 16.2. The lowest BCUT2D eigenvalue weighted by atomic mass is 10.2. The largest absolute Gasteiger partial charge is 0.497 e. The number of benzene rings is 2. The van der Waals surface area contributed by atoms with Crippen LogP contribution in [-0.2, 0) is 20.9 Å². The molecular weight excluding hydrogens is 322 g/mol. The van der Waals surface area contributed by atoms with Gasteiger partial charge in [-0.15, -0.1) is 0 Å². The Labute approximate surface area is 146 Å². The Balaban J connectivity index is 2.04. The van der Waals surface area contributed by atoms with Gasteiger partial charge < -0.3 is 14.2 Å². The van der Waals surface area contributed by atoms with Crippen molar-refractivity contribution in [1.82, 2.24) is 5.32 Å². The van der Waals surface area contributed by atoms with Crippen LogP contribution in [0, 0.1) is 0 Å². The van der Waals surface area contributed by atoms with Crippen molar-refractivity contribution < 1.29 is 23.8 Å². The lowest BCUT2D eigenvalue weighted by Crippen LogP contribution is -2.28. The normalized spacial score (nSPS) is 10.7. The second-order valence-corrected chi connectivity index (χ2v) is 5.01. The average Bonchev–Trinajstić information content (AvgIpc) is 2.66. The van der Waals surface area contributed by atoms with Gasteiger partial charge in [0.05, 0.1) is 14.2 Å². The number of hydrogen-bond donors (Lipinski definition) is 1. The van der Waals surface area contributed by atoms with Crippen LogP contribution in [0.15, 0.2) is 60.3 Å². The SMILES string of the molecule is COC(=O)/C(=C/c1ccc(OC)cc1)NC(=O)OCc1ccccc1. The van der Waals surface area contributed by atoms with Crippen molar-refractivity contribution in [3.05, 3.63) is 71.4 Å². The molecule has 2 aromatic rings. The van der Waals surface area contributed by atoms with Gasteiger partial charge in [0.15, 0.2) is 0 Å². The highest BCUT2D eigenvalue weighted by molar-refractivity contribution is 5.96. The van der Waals surface area contributed by atoms with Crippen LogP contribution < -0.4 is 10.1 Å². The van der Waals surface area contributed by atoms with Gasteiger partial charge in [-0.2, -0.15) is 0 Å². The van der Waals surface area contributed by atoms with Crippen LogP contribution in [0.4, 0.5) is 4.79 Å². The Kier molecular flexibility index (Phi) is 6.59. The van der Waals surface area contributed by atoms with Gasteiger partial charge in [0.25, 0.3) is 0 Å². The highest BCUT2D eigenvalue weighted by Crippen LogP contribution is 2.14. The Morgan fingerprint density at radius 2 is 1.68 bits per heavy atom. The molecule has 0 saturated carbocycles. The van der Waals surface area contributed by atoms with Crippen molar-refractivity contribution >= 4 is 18.1 Å². The number of ether oxygens (including phenoxy) is 3. The first-order valence-corrected chi connectivity index (χ1v) is 7.54. The summed E-state index contributed by atoms with van der Waals surface area (Å²) < 4.78 is 14.9. The Morgan fingerprint density at radius 3 is 2.28 bits per heavy atom. The molecule has 6 nitrogen and oxygen atoms in total. The fraction of sp³-hybridized carbons (Fsp3) is 0.158. The topological polar surface area (TPSA) is 73.9 Å². The van der Waals surface area contributed by atoms with Gasteiger partial charge >= 0.3 is 12.1 Å². The number of nitrogens with one attached hydrogen (secondary N) is 1. The monoisotopic (exact) mass is 341 g/mol. The van der Waals surface area contributed by atoms with Crippen LogP contribution in [0.1, 0.15) is 11.1 Å². The predicted octanol–water partition coefficient (Wildman–Crippen LogP) is 3.14. The summed E-state index contributed by atoms with van der Waals surface area (Å²) in [4.78, 5) is 23.8. The maximum Gasteiger partial charge on any atom is 0.412 e. The van der Waals surface area contributed by atoms with E-state index in [1.165, 1.54) is 13.2 Å². The van der Waals surface area contributed by atoms with Crippen LogP contribution in [0.5, 0.6) is 5.75 Å². The summed E-state index contributed by atoms with van der Waals surface area (Å²) in [5.74, 6) is 0.0134. The van der Waals surface area contributed by atoms with Crippen molar-refractivity contribution in [2.45, 2.75) is 6.61 Å². The van der Waals surface area contributed by atoms with Crippen molar-refractivity contribution in [2.24, 2.45) is 0 Å². The van der Waals surface area contributed by atoms with E-state index in [0.717, 1.165) is 5.56 Å². The van der Waals surface area contributed by atoms with E-state index < -0.39 is 12.1 Å². The van der Waals surface area contributed by atoms with Crippen LogP contribution >= 0.6 is 0 Å². The third-order valence-corrected chi connectivity index (χ3v) is 3.28. The maximum absolute atomic E-state index is 11.9. The number of alkyl carbamates (subject to hydrolysis) is 1. The first kappa shape index (κ1) is 18.1. The van der Waals surface area contributed by atoms with E-state index in [9.17, 15) is 9.59 Å². The minimum absolute atomic E-state index is 0.0225. The zero-order valence-corrected chi connectivity index (χ0v) is 14.0. The van der Waals surface area contributed by atoms with E-state index in [0.29, 0.717) is 11.3 Å². The number of carbonyl (C=O) groups is 2. The molecule has 0 atom stereocenters. The Bertz CT molecular complexity index is 738. The number of methoxy groups -OCH3 is 2. The van der Waals surface area contributed by atoms with Crippen molar-refractivity contribution in [2.75, 3.05) is 14.2 Å². The van der Waals surface area contributed by atoms with Crippen LogP contribution in [0.25, 0.3) is 6.08 Å². The van der Waals surface area contributed by atoms with Gasteiger partial charge in [0.1, 0.15) is 18.1 Å². The molecule has 2 aromatic carbocycles. The Morgan fingerprint density at radius 1 is 1.00 bits per heavy atom. The molecule has 0 aliphatic rings. The molecule has 0 unspecified atom stereocenters. The number of amides is 1. The number of esters is 1. The van der Waals surface area contributed by atoms with Gasteiger partial charge in [-0.05, 0) is 29.3 Å². The van der Waals surface area contributed by atoms with E-state index in [1.54, 1.807) is 31.4 Å². The smallest absolute Gasteiger partial charge is 0.412 e. The summed E-state index contributed by atoms with van der Waals surface area (Å²) in [5.41, 5.74) is 1.52. The maximum atomic E-state index is 11.9. The molecule has 130 valence electrons. The average molecular weight is 341 g/mol. The molecule has 6 heteroatoms. The van der Waals surface area contributed by atoms with Crippen LogP contribution in [0.3, 0.4) is 0 Å². The highest BCUT2D eigenvalue weighted by Gasteiger charge is 2.14. The molecule has 0 heterocycles. The molecule has 0 fully saturated rings. The molecule has 25 heavy (non-hydrogen) atoms. The molecule has 0 bridgehead atoms. The first-order chi connectivity index (χ1) is 12.1. The van der Waals surface area contributed by atoms with Gasteiger partial charge in [-0.1, -0.05) is 42.5 Å². The van der Waals surface area contributed by atoms with Gasteiger partial charge in [0, 0.05) is 0 Å². The standard InChI is InChI=1S/C19H19NO5/c1-23-16-10-8-14(9-11-16)12-17(18(21)24-2)20-19(22)25-13-15-6-4-3-5-7-15/h3-12H,13H2,1-2H3,(H,20,22)/b17-12-. The summed E-state index contributed by atoms with van der Waals surface area (Å²) >= 11 is 0. The Hall–Kier alpha value is -3.28. The second-order valence-electron chi connectivity index (χ2n) is 5.01. The zero-order chi connectivity index (χ0) is 18.1. The third kappa shape index (κ3) is 5.69. The quantitative estimate of drug-likeness (QED) is 0.645. The number of hydrogen-bond acceptors (Lipinski definition) is 5. The minimum atomic E-state index is -0.742. The zero-order valence-electron chi connectivity index (χ0n) is 14.0. The predicted molar refractivity (Wildman–Crippen MR) is 92.7 cm³/mol. The molecule has 0 spiro atoms. The molecule has 0 radical (unpaired) electrons. The van der Waals surface area contributed by atoms with Crippen molar-refractivity contribution in [1.29, 1.82) is 0 Å². The molecule has 2 rings (SSSR count). The first-order valence-electron chi connectivity index (χ1n) is 7.54. The lowest BCUT2D eigenvalue weighted by molar-refractivity contribution is -0.136. The van der Waals surface area contributed by atoms with Gasteiger partial charge in [-0.25, -0.2) is 9.59 Å². The highest BCUT2D eigenvalue weighted by atomic mass is 16.6. The molecule has 1 amide bonds.